The minimum Gasteiger partial charge on any atom is -0.337 e. The zero-order chi connectivity index (χ0) is 21.1. The standard InChI is InChI=1S/C23H25N5O2/c1-15-8-9-18(12-16(15)2)25-22(29)17-6-5-11-28(14-17)23(30)21-13-20(26-27-21)19-7-3-4-10-24-19/h3-4,7-10,12-13,17H,5-6,11,14H2,1-2H3,(H,25,29)(H,26,27)/t17-/m0/s1. The first-order valence-electron chi connectivity index (χ1n) is 10.2. The Balaban J connectivity index is 1.42. The molecule has 1 aliphatic rings. The highest BCUT2D eigenvalue weighted by atomic mass is 16.2. The van der Waals surface area contributed by atoms with Crippen molar-refractivity contribution in [2.24, 2.45) is 5.92 Å². The minimum atomic E-state index is -0.234. The van der Waals surface area contributed by atoms with Crippen LogP contribution in [-0.2, 0) is 4.79 Å². The second kappa shape index (κ2) is 8.49. The summed E-state index contributed by atoms with van der Waals surface area (Å²) in [7, 11) is 0. The Morgan fingerprint density at radius 1 is 1.10 bits per heavy atom. The monoisotopic (exact) mass is 403 g/mol. The quantitative estimate of drug-likeness (QED) is 0.697. The van der Waals surface area contributed by atoms with Crippen LogP contribution in [0.2, 0.25) is 0 Å². The zero-order valence-electron chi connectivity index (χ0n) is 17.2. The number of anilines is 1. The number of aryl methyl sites for hydroxylation is 2. The number of amides is 2. The van der Waals surface area contributed by atoms with Crippen LogP contribution in [0.5, 0.6) is 0 Å². The summed E-state index contributed by atoms with van der Waals surface area (Å²) in [5, 5.41) is 10.0. The highest BCUT2D eigenvalue weighted by molar-refractivity contribution is 5.95. The molecule has 2 aromatic heterocycles. The number of carbonyl (C=O) groups is 2. The van der Waals surface area contributed by atoms with E-state index in [1.807, 2.05) is 50.2 Å². The third-order valence-corrected chi connectivity index (χ3v) is 5.59. The molecule has 1 aromatic carbocycles. The van der Waals surface area contributed by atoms with Gasteiger partial charge in [-0.1, -0.05) is 12.1 Å². The molecule has 3 heterocycles. The summed E-state index contributed by atoms with van der Waals surface area (Å²) in [5.74, 6) is -0.426. The molecular formula is C23H25N5O2. The average Bonchev–Trinajstić information content (AvgIpc) is 3.27. The van der Waals surface area contributed by atoms with Gasteiger partial charge in [0.2, 0.25) is 5.91 Å². The number of rotatable bonds is 4. The fourth-order valence-corrected chi connectivity index (χ4v) is 3.69. The summed E-state index contributed by atoms with van der Waals surface area (Å²) in [6, 6.07) is 13.2. The topological polar surface area (TPSA) is 91.0 Å². The third kappa shape index (κ3) is 4.25. The van der Waals surface area contributed by atoms with Crippen molar-refractivity contribution in [2.75, 3.05) is 18.4 Å². The fourth-order valence-electron chi connectivity index (χ4n) is 3.69. The van der Waals surface area contributed by atoms with Crippen molar-refractivity contribution in [3.63, 3.8) is 0 Å². The lowest BCUT2D eigenvalue weighted by atomic mass is 9.96. The molecule has 0 radical (unpaired) electrons. The van der Waals surface area contributed by atoms with Crippen LogP contribution in [-0.4, -0.2) is 45.0 Å². The lowest BCUT2D eigenvalue weighted by molar-refractivity contribution is -0.121. The van der Waals surface area contributed by atoms with Crippen molar-refractivity contribution in [2.45, 2.75) is 26.7 Å². The van der Waals surface area contributed by atoms with E-state index in [0.717, 1.165) is 24.1 Å². The van der Waals surface area contributed by atoms with Gasteiger partial charge in [0.1, 0.15) is 11.4 Å². The number of carbonyl (C=O) groups excluding carboxylic acids is 2. The molecule has 4 rings (SSSR count). The largest absolute Gasteiger partial charge is 0.337 e. The molecule has 0 aliphatic carbocycles. The van der Waals surface area contributed by atoms with E-state index in [1.54, 1.807) is 17.2 Å². The highest BCUT2D eigenvalue weighted by Gasteiger charge is 2.30. The summed E-state index contributed by atoms with van der Waals surface area (Å²) in [5.41, 5.74) is 4.85. The Morgan fingerprint density at radius 3 is 2.73 bits per heavy atom. The number of hydrogen-bond acceptors (Lipinski definition) is 4. The van der Waals surface area contributed by atoms with Crippen LogP contribution in [0.15, 0.2) is 48.7 Å². The van der Waals surface area contributed by atoms with Gasteiger partial charge in [0.15, 0.2) is 0 Å². The second-order valence-electron chi connectivity index (χ2n) is 7.76. The van der Waals surface area contributed by atoms with Crippen LogP contribution in [0, 0.1) is 19.8 Å². The number of benzene rings is 1. The molecule has 7 nitrogen and oxygen atoms in total. The Kier molecular flexibility index (Phi) is 5.61. The average molecular weight is 403 g/mol. The molecule has 0 unspecified atom stereocenters. The Bertz CT molecular complexity index is 1060. The maximum atomic E-state index is 13.0. The predicted octanol–water partition coefficient (Wildman–Crippen LogP) is 3.58. The molecular weight excluding hydrogens is 378 g/mol. The van der Waals surface area contributed by atoms with E-state index in [-0.39, 0.29) is 17.7 Å². The van der Waals surface area contributed by atoms with Crippen molar-refractivity contribution >= 4 is 17.5 Å². The van der Waals surface area contributed by atoms with Crippen molar-refractivity contribution < 1.29 is 9.59 Å². The van der Waals surface area contributed by atoms with Gasteiger partial charge in [-0.3, -0.25) is 19.7 Å². The number of piperidine rings is 1. The number of hydrogen-bond donors (Lipinski definition) is 2. The minimum absolute atomic E-state index is 0.0467. The molecule has 2 N–H and O–H groups in total. The van der Waals surface area contributed by atoms with Crippen molar-refractivity contribution in [3.8, 4) is 11.4 Å². The molecule has 1 atom stereocenters. The highest BCUT2D eigenvalue weighted by Crippen LogP contribution is 2.22. The number of nitrogens with one attached hydrogen (secondary N) is 2. The molecule has 2 amide bonds. The van der Waals surface area contributed by atoms with E-state index in [4.69, 9.17) is 0 Å². The van der Waals surface area contributed by atoms with E-state index >= 15 is 0 Å². The van der Waals surface area contributed by atoms with Crippen molar-refractivity contribution in [3.05, 3.63) is 65.5 Å². The van der Waals surface area contributed by atoms with Crippen LogP contribution in [0.25, 0.3) is 11.4 Å². The number of pyridine rings is 1. The Hall–Kier alpha value is -3.48. The van der Waals surface area contributed by atoms with Crippen LogP contribution >= 0.6 is 0 Å². The van der Waals surface area contributed by atoms with Crippen LogP contribution in [0.3, 0.4) is 0 Å². The summed E-state index contributed by atoms with van der Waals surface area (Å²) < 4.78 is 0. The lowest BCUT2D eigenvalue weighted by Crippen LogP contribution is -2.43. The molecule has 0 saturated carbocycles. The third-order valence-electron chi connectivity index (χ3n) is 5.59. The first-order chi connectivity index (χ1) is 14.5. The van der Waals surface area contributed by atoms with E-state index in [9.17, 15) is 9.59 Å². The summed E-state index contributed by atoms with van der Waals surface area (Å²) in [6.07, 6.45) is 3.25. The number of H-pyrrole nitrogens is 1. The number of aromatic amines is 1. The molecule has 1 aliphatic heterocycles. The van der Waals surface area contributed by atoms with E-state index in [1.165, 1.54) is 5.56 Å². The first-order valence-corrected chi connectivity index (χ1v) is 10.2. The smallest absolute Gasteiger partial charge is 0.271 e. The van der Waals surface area contributed by atoms with Gasteiger partial charge in [0.05, 0.1) is 11.6 Å². The van der Waals surface area contributed by atoms with Gasteiger partial charge in [0, 0.05) is 25.0 Å². The van der Waals surface area contributed by atoms with Crippen LogP contribution in [0.4, 0.5) is 5.69 Å². The van der Waals surface area contributed by atoms with Gasteiger partial charge < -0.3 is 10.2 Å². The van der Waals surface area contributed by atoms with Gasteiger partial charge in [-0.25, -0.2) is 0 Å². The predicted molar refractivity (Wildman–Crippen MR) is 115 cm³/mol. The zero-order valence-corrected chi connectivity index (χ0v) is 17.2. The molecule has 7 heteroatoms. The van der Waals surface area contributed by atoms with E-state index in [2.05, 4.69) is 20.5 Å². The summed E-state index contributed by atoms with van der Waals surface area (Å²) in [4.78, 5) is 31.7. The molecule has 1 saturated heterocycles. The van der Waals surface area contributed by atoms with Crippen LogP contribution in [0.1, 0.15) is 34.5 Å². The molecule has 0 spiro atoms. The fraction of sp³-hybridized carbons (Fsp3) is 0.304. The summed E-state index contributed by atoms with van der Waals surface area (Å²) >= 11 is 0. The SMILES string of the molecule is Cc1ccc(NC(=O)[C@H]2CCCN(C(=O)c3cc(-c4ccccn4)n[nH]3)C2)cc1C. The van der Waals surface area contributed by atoms with Gasteiger partial charge in [0.25, 0.3) is 5.91 Å². The van der Waals surface area contributed by atoms with Gasteiger partial charge in [-0.05, 0) is 68.1 Å². The normalized spacial score (nSPS) is 16.3. The molecule has 0 bridgehead atoms. The molecule has 154 valence electrons. The lowest BCUT2D eigenvalue weighted by Gasteiger charge is -2.31. The Morgan fingerprint density at radius 2 is 1.97 bits per heavy atom. The van der Waals surface area contributed by atoms with Crippen molar-refractivity contribution in [1.82, 2.24) is 20.1 Å². The Labute approximate surface area is 175 Å². The first kappa shape index (κ1) is 19.8. The molecule has 1 fully saturated rings. The van der Waals surface area contributed by atoms with Crippen molar-refractivity contribution in [1.29, 1.82) is 0 Å². The van der Waals surface area contributed by atoms with Crippen LogP contribution < -0.4 is 5.32 Å². The van der Waals surface area contributed by atoms with E-state index < -0.39 is 0 Å². The maximum absolute atomic E-state index is 13.0. The van der Waals surface area contributed by atoms with E-state index in [0.29, 0.717) is 30.2 Å². The number of nitrogens with zero attached hydrogens (tertiary/aromatic N) is 3. The van der Waals surface area contributed by atoms with Gasteiger partial charge >= 0.3 is 0 Å². The summed E-state index contributed by atoms with van der Waals surface area (Å²) in [6.45, 7) is 5.09. The second-order valence-corrected chi connectivity index (χ2v) is 7.76. The van der Waals surface area contributed by atoms with Gasteiger partial charge in [-0.2, -0.15) is 5.10 Å². The molecule has 3 aromatic rings. The maximum Gasteiger partial charge on any atom is 0.271 e. The number of likely N-dealkylation sites (tertiary alicyclic amines) is 1. The van der Waals surface area contributed by atoms with Gasteiger partial charge in [-0.15, -0.1) is 0 Å². The number of aromatic nitrogens is 3. The molecule has 30 heavy (non-hydrogen) atoms.